The average Bonchev–Trinajstić information content (AvgIpc) is 3.10. The zero-order valence-electron chi connectivity index (χ0n) is 31.1. The van der Waals surface area contributed by atoms with E-state index in [2.05, 4.69) is 11.7 Å². The number of hydrogen-bond donors (Lipinski definition) is 1. The molecular weight excluding hydrogens is 696 g/mol. The van der Waals surface area contributed by atoms with Crippen LogP contribution >= 0.6 is 0 Å². The summed E-state index contributed by atoms with van der Waals surface area (Å²) >= 11 is 0. The van der Waals surface area contributed by atoms with Gasteiger partial charge in [-0.05, 0) is 55.7 Å². The molecule has 0 unspecified atom stereocenters. The molecule has 0 fully saturated rings. The highest BCUT2D eigenvalue weighted by molar-refractivity contribution is 5.74. The van der Waals surface area contributed by atoms with Crippen LogP contribution in [0.25, 0.3) is 12.2 Å². The minimum Gasteiger partial charge on any atom is -0.466 e. The molecule has 0 spiro atoms. The molecule has 0 heterocycles. The van der Waals surface area contributed by atoms with Crippen molar-refractivity contribution in [1.82, 2.24) is 0 Å². The normalized spacial score (nSPS) is 11.5. The molecule has 2 aromatic rings. The Morgan fingerprint density at radius 3 is 1.43 bits per heavy atom. The molecule has 0 saturated carbocycles. The van der Waals surface area contributed by atoms with E-state index in [0.29, 0.717) is 24.2 Å². The summed E-state index contributed by atoms with van der Waals surface area (Å²) in [5, 5.41) is 8.73. The second kappa shape index (κ2) is 26.2. The molecule has 0 saturated heterocycles. The Labute approximate surface area is 309 Å². The maximum atomic E-state index is 12.4. The Morgan fingerprint density at radius 2 is 1.02 bits per heavy atom. The maximum absolute atomic E-state index is 12.4. The predicted molar refractivity (Wildman–Crippen MR) is 191 cm³/mol. The summed E-state index contributed by atoms with van der Waals surface area (Å²) in [5.74, 6) is -0.690. The van der Waals surface area contributed by atoms with Gasteiger partial charge >= 0.3 is 36.4 Å². The molecule has 0 radical (unpaired) electrons. The van der Waals surface area contributed by atoms with Gasteiger partial charge in [0.1, 0.15) is 29.5 Å². The van der Waals surface area contributed by atoms with Gasteiger partial charge in [0.25, 0.3) is 0 Å². The van der Waals surface area contributed by atoms with Crippen molar-refractivity contribution in [2.24, 2.45) is 0 Å². The van der Waals surface area contributed by atoms with E-state index in [4.69, 9.17) is 38.3 Å². The van der Waals surface area contributed by atoms with Gasteiger partial charge in [0.15, 0.2) is 0 Å². The number of benzene rings is 2. The molecule has 0 amide bonds. The molecule has 15 nitrogen and oxygen atoms in total. The third kappa shape index (κ3) is 22.1. The number of carbonyl (C=O) groups excluding carboxylic acids is 5. The van der Waals surface area contributed by atoms with Gasteiger partial charge in [-0.1, -0.05) is 58.4 Å². The third-order valence-electron chi connectivity index (χ3n) is 6.65. The van der Waals surface area contributed by atoms with E-state index in [9.17, 15) is 28.8 Å². The molecule has 0 aliphatic heterocycles. The van der Waals surface area contributed by atoms with Crippen LogP contribution in [0.5, 0.6) is 17.2 Å². The van der Waals surface area contributed by atoms with Crippen LogP contribution in [-0.2, 0) is 38.1 Å². The summed E-state index contributed by atoms with van der Waals surface area (Å²) < 4.78 is 40.4. The van der Waals surface area contributed by atoms with Crippen molar-refractivity contribution in [2.75, 3.05) is 19.8 Å². The van der Waals surface area contributed by atoms with Gasteiger partial charge in [0.2, 0.25) is 0 Å². The van der Waals surface area contributed by atoms with Crippen LogP contribution in [0, 0.1) is 0 Å². The first-order valence-corrected chi connectivity index (χ1v) is 17.4. The topological polar surface area (TPSA) is 196 Å². The first-order chi connectivity index (χ1) is 25.3. The third-order valence-corrected chi connectivity index (χ3v) is 6.65. The van der Waals surface area contributed by atoms with Crippen LogP contribution in [0.3, 0.4) is 0 Å². The van der Waals surface area contributed by atoms with Gasteiger partial charge in [-0.2, -0.15) is 0 Å². The lowest BCUT2D eigenvalue weighted by Crippen LogP contribution is -2.21. The summed E-state index contributed by atoms with van der Waals surface area (Å²) in [6.07, 6.45) is 2.13. The van der Waals surface area contributed by atoms with Crippen LogP contribution in [0.4, 0.5) is 14.4 Å². The smallest absolute Gasteiger partial charge is 0.466 e. The Balaban J connectivity index is 0.00000137. The van der Waals surface area contributed by atoms with Crippen LogP contribution in [0.15, 0.2) is 42.5 Å². The molecule has 0 aliphatic carbocycles. The van der Waals surface area contributed by atoms with E-state index >= 15 is 0 Å². The van der Waals surface area contributed by atoms with Gasteiger partial charge in [0.05, 0.1) is 19.8 Å². The zero-order valence-corrected chi connectivity index (χ0v) is 31.1. The van der Waals surface area contributed by atoms with Crippen molar-refractivity contribution in [2.45, 2.75) is 98.7 Å². The molecule has 292 valence electrons. The fraction of sp³-hybridized carbons (Fsp3) is 0.474. The largest absolute Gasteiger partial charge is 0.514 e. The first kappa shape index (κ1) is 45.4. The number of carboxylic acid groups (broad SMARTS) is 1. The molecule has 2 atom stereocenters. The Hall–Kier alpha value is -5.60. The minimum atomic E-state index is -1.43. The molecule has 0 aliphatic rings. The zero-order chi connectivity index (χ0) is 39.6. The quantitative estimate of drug-likeness (QED) is 0.0475. The number of ether oxygens (including phenoxy) is 8. The summed E-state index contributed by atoms with van der Waals surface area (Å²) in [5.41, 5.74) is 1.15. The van der Waals surface area contributed by atoms with Gasteiger partial charge in [-0.3, -0.25) is 14.4 Å². The van der Waals surface area contributed by atoms with E-state index in [1.54, 1.807) is 58.9 Å². The molecular formula is C38H50O15. The van der Waals surface area contributed by atoms with Crippen LogP contribution in [0.1, 0.15) is 97.6 Å². The summed E-state index contributed by atoms with van der Waals surface area (Å²) in [7, 11) is 0. The van der Waals surface area contributed by atoms with Gasteiger partial charge in [0, 0.05) is 38.2 Å². The lowest BCUT2D eigenvalue weighted by atomic mass is 10.1. The lowest BCUT2D eigenvalue weighted by molar-refractivity contribution is -0.144. The Bertz CT molecular complexity index is 1420. The standard InChI is InChI=1S/C31H36O13.C7H14O2/c1-5-27(32)38-15-13-20(3)40-30(36)43-25-17-23(8-7-22-9-11-24(12-10-22)42-29(34)35)18-26(19-25)44-31(37)41-21(4)14-16-39-28(33)6-2;1-3-5-6-9-7(8)4-2/h7-12,17-21H,5-6,13-16H2,1-4H3,(H,34,35);3-6H2,1-2H3/b8-7+;/t20-,21-;/m1./s1. The van der Waals surface area contributed by atoms with E-state index < -0.39 is 30.7 Å². The fourth-order valence-electron chi connectivity index (χ4n) is 3.75. The lowest BCUT2D eigenvalue weighted by Gasteiger charge is -2.15. The van der Waals surface area contributed by atoms with Crippen molar-refractivity contribution in [3.8, 4) is 17.2 Å². The first-order valence-electron chi connectivity index (χ1n) is 17.4. The van der Waals surface area contributed by atoms with E-state index in [1.807, 2.05) is 0 Å². The fourth-order valence-corrected chi connectivity index (χ4v) is 3.75. The highest BCUT2D eigenvalue weighted by Crippen LogP contribution is 2.26. The molecule has 15 heteroatoms. The summed E-state index contributed by atoms with van der Waals surface area (Å²) in [6, 6.07) is 10.5. The number of carbonyl (C=O) groups is 6. The van der Waals surface area contributed by atoms with Crippen LogP contribution in [-0.4, -0.2) is 73.5 Å². The molecule has 0 aromatic heterocycles. The average molecular weight is 747 g/mol. The van der Waals surface area contributed by atoms with Gasteiger partial charge < -0.3 is 43.0 Å². The summed E-state index contributed by atoms with van der Waals surface area (Å²) in [4.78, 5) is 68.6. The number of rotatable bonds is 19. The maximum Gasteiger partial charge on any atom is 0.514 e. The molecule has 0 bridgehead atoms. The van der Waals surface area contributed by atoms with E-state index in [1.165, 1.54) is 30.3 Å². The molecule has 2 aromatic carbocycles. The second-order valence-electron chi connectivity index (χ2n) is 11.2. The van der Waals surface area contributed by atoms with Crippen molar-refractivity contribution in [1.29, 1.82) is 0 Å². The number of unbranched alkanes of at least 4 members (excludes halogenated alkanes) is 1. The highest BCUT2D eigenvalue weighted by atomic mass is 16.7. The second-order valence-corrected chi connectivity index (χ2v) is 11.2. The van der Waals surface area contributed by atoms with Gasteiger partial charge in [-0.15, -0.1) is 0 Å². The van der Waals surface area contributed by atoms with Crippen molar-refractivity contribution in [3.63, 3.8) is 0 Å². The Kier molecular flexibility index (Phi) is 22.5. The van der Waals surface area contributed by atoms with E-state index in [-0.39, 0.29) is 74.1 Å². The SMILES string of the molecule is CCC(=O)OCC[C@@H](C)OC(=O)Oc1cc(/C=C/c2ccc(OC(=O)O)cc2)cc(OC(=O)O[C@H](C)CCOC(=O)CC)c1.CCCCOC(=O)CC. The minimum absolute atomic E-state index is 0.00528. The van der Waals surface area contributed by atoms with Crippen LogP contribution < -0.4 is 14.2 Å². The molecule has 2 rings (SSSR count). The number of hydrogen-bond acceptors (Lipinski definition) is 14. The number of esters is 3. The Morgan fingerprint density at radius 1 is 0.585 bits per heavy atom. The van der Waals surface area contributed by atoms with Crippen molar-refractivity contribution in [3.05, 3.63) is 53.6 Å². The summed E-state index contributed by atoms with van der Waals surface area (Å²) in [6.45, 7) is 11.2. The van der Waals surface area contributed by atoms with Crippen molar-refractivity contribution < 1.29 is 71.8 Å². The van der Waals surface area contributed by atoms with Crippen LogP contribution in [0.2, 0.25) is 0 Å². The molecule has 53 heavy (non-hydrogen) atoms. The van der Waals surface area contributed by atoms with Crippen molar-refractivity contribution >= 4 is 48.5 Å². The molecule has 1 N–H and O–H groups in total. The van der Waals surface area contributed by atoms with Gasteiger partial charge in [-0.25, -0.2) is 14.4 Å². The highest BCUT2D eigenvalue weighted by Gasteiger charge is 2.17. The monoisotopic (exact) mass is 746 g/mol. The predicted octanol–water partition coefficient (Wildman–Crippen LogP) is 8.15. The van der Waals surface area contributed by atoms with E-state index in [0.717, 1.165) is 12.8 Å².